The van der Waals surface area contributed by atoms with E-state index in [9.17, 15) is 9.59 Å². The number of rotatable bonds is 2. The van der Waals surface area contributed by atoms with E-state index in [-0.39, 0.29) is 5.56 Å². The summed E-state index contributed by atoms with van der Waals surface area (Å²) >= 11 is 0. The highest BCUT2D eigenvalue weighted by Gasteiger charge is 2.06. The fraction of sp³-hybridized carbons (Fsp3) is 0.462. The van der Waals surface area contributed by atoms with E-state index in [1.807, 2.05) is 27.7 Å². The summed E-state index contributed by atoms with van der Waals surface area (Å²) in [5, 5.41) is 0. The van der Waals surface area contributed by atoms with Gasteiger partial charge in [0.05, 0.1) is 11.3 Å². The van der Waals surface area contributed by atoms with Crippen molar-refractivity contribution in [1.29, 1.82) is 0 Å². The summed E-state index contributed by atoms with van der Waals surface area (Å²) in [5.74, 6) is 0. The Labute approximate surface area is 108 Å². The minimum atomic E-state index is -0.462. The lowest BCUT2D eigenvalue weighted by molar-refractivity contribution is 0.770. The van der Waals surface area contributed by atoms with Crippen molar-refractivity contribution < 1.29 is 0 Å². The van der Waals surface area contributed by atoms with Crippen LogP contribution in [-0.2, 0) is 7.05 Å². The Kier molecular flexibility index (Phi) is 10.5. The molecule has 0 aromatic carbocycles. The highest BCUT2D eigenvalue weighted by molar-refractivity contribution is 5.82. The zero-order valence-electron chi connectivity index (χ0n) is 12.1. The van der Waals surface area contributed by atoms with E-state index < -0.39 is 5.69 Å². The van der Waals surface area contributed by atoms with Crippen LogP contribution < -0.4 is 11.2 Å². The van der Waals surface area contributed by atoms with Crippen molar-refractivity contribution >= 4 is 12.3 Å². The molecule has 1 heterocycles. The Morgan fingerprint density at radius 3 is 2.11 bits per heavy atom. The summed E-state index contributed by atoms with van der Waals surface area (Å²) in [4.78, 5) is 29.0. The lowest BCUT2D eigenvalue weighted by Crippen LogP contribution is -2.35. The van der Waals surface area contributed by atoms with Crippen molar-refractivity contribution in [3.63, 3.8) is 0 Å². The third kappa shape index (κ3) is 4.53. The highest BCUT2D eigenvalue weighted by atomic mass is 16.2. The molecule has 0 unspecified atom stereocenters. The van der Waals surface area contributed by atoms with Crippen LogP contribution in [0.4, 0.5) is 0 Å². The molecule has 1 rings (SSSR count). The molecule has 5 heteroatoms. The fourth-order valence-electron chi connectivity index (χ4n) is 1.08. The van der Waals surface area contributed by atoms with Crippen LogP contribution in [0.5, 0.6) is 0 Å². The Hall–Kier alpha value is -1.91. The quantitative estimate of drug-likeness (QED) is 0.817. The van der Waals surface area contributed by atoms with E-state index in [1.165, 1.54) is 19.3 Å². The van der Waals surface area contributed by atoms with Crippen LogP contribution in [0.25, 0.3) is 6.08 Å². The molecule has 0 bridgehead atoms. The van der Waals surface area contributed by atoms with Gasteiger partial charge in [0.1, 0.15) is 0 Å². The molecule has 1 N–H and O–H groups in total. The number of aliphatic imine (C=N–C) groups is 1. The summed E-state index contributed by atoms with van der Waals surface area (Å²) < 4.78 is 0.990. The number of nitrogens with zero attached hydrogens (tertiary/aromatic N) is 2. The number of nitrogens with one attached hydrogen (secondary N) is 1. The Balaban J connectivity index is 0. The maximum Gasteiger partial charge on any atom is 0.328 e. The van der Waals surface area contributed by atoms with Gasteiger partial charge < -0.3 is 4.98 Å². The predicted octanol–water partition coefficient (Wildman–Crippen LogP) is 1.82. The first-order valence-corrected chi connectivity index (χ1v) is 5.99. The van der Waals surface area contributed by atoms with Gasteiger partial charge in [-0.15, -0.1) is 0 Å². The highest BCUT2D eigenvalue weighted by Crippen LogP contribution is 1.95. The lowest BCUT2D eigenvalue weighted by Gasteiger charge is -2.01. The molecular formula is C13H23N3O2. The van der Waals surface area contributed by atoms with Gasteiger partial charge >= 0.3 is 5.69 Å². The van der Waals surface area contributed by atoms with Crippen LogP contribution >= 0.6 is 0 Å². The molecule has 0 aliphatic rings. The Morgan fingerprint density at radius 2 is 1.72 bits per heavy atom. The first-order chi connectivity index (χ1) is 8.61. The number of H-pyrrole nitrogens is 1. The van der Waals surface area contributed by atoms with E-state index in [0.29, 0.717) is 11.3 Å². The second kappa shape index (κ2) is 10.3. The van der Waals surface area contributed by atoms with Gasteiger partial charge in [0.15, 0.2) is 0 Å². The zero-order valence-corrected chi connectivity index (χ0v) is 12.1. The van der Waals surface area contributed by atoms with Crippen LogP contribution in [0.2, 0.25) is 0 Å². The van der Waals surface area contributed by atoms with Crippen LogP contribution in [0, 0.1) is 0 Å². The van der Waals surface area contributed by atoms with E-state index in [1.54, 1.807) is 7.05 Å². The van der Waals surface area contributed by atoms with Gasteiger partial charge in [-0.25, -0.2) is 4.79 Å². The number of hydrogen-bond acceptors (Lipinski definition) is 3. The average Bonchev–Trinajstić information content (AvgIpc) is 2.41. The van der Waals surface area contributed by atoms with Crippen molar-refractivity contribution in [2.24, 2.45) is 12.0 Å². The molecule has 0 fully saturated rings. The van der Waals surface area contributed by atoms with Gasteiger partial charge in [-0.3, -0.25) is 14.4 Å². The van der Waals surface area contributed by atoms with Crippen LogP contribution in [-0.4, -0.2) is 22.8 Å². The largest absolute Gasteiger partial charge is 0.328 e. The minimum absolute atomic E-state index is 0.345. The van der Waals surface area contributed by atoms with Crippen LogP contribution in [0.15, 0.2) is 21.2 Å². The predicted molar refractivity (Wildman–Crippen MR) is 78.6 cm³/mol. The fourth-order valence-corrected chi connectivity index (χ4v) is 1.08. The zero-order chi connectivity index (χ0) is 14.7. The maximum absolute atomic E-state index is 11.5. The first kappa shape index (κ1) is 18.5. The normalized spacial score (nSPS) is 9.00. The minimum Gasteiger partial charge on any atom is -0.305 e. The standard InChI is InChI=1S/C9H11N3O2.2C2H6/c1-4-6-7(5-10-2)11-9(14)12(3)8(6)13;2*1-2/h4-5H,1H2,2-3H3,(H,11,14);2*1-2H3. The number of hydrogen-bond donors (Lipinski definition) is 1. The van der Waals surface area contributed by atoms with E-state index in [0.717, 1.165) is 4.57 Å². The molecule has 1 aromatic rings. The molecule has 1 aromatic heterocycles. The van der Waals surface area contributed by atoms with Gasteiger partial charge in [0, 0.05) is 20.3 Å². The Morgan fingerprint density at radius 1 is 1.22 bits per heavy atom. The van der Waals surface area contributed by atoms with E-state index >= 15 is 0 Å². The monoisotopic (exact) mass is 253 g/mol. The molecule has 0 amide bonds. The van der Waals surface area contributed by atoms with Gasteiger partial charge in [-0.05, 0) is 0 Å². The van der Waals surface area contributed by atoms with Crippen LogP contribution in [0.3, 0.4) is 0 Å². The van der Waals surface area contributed by atoms with Crippen molar-refractivity contribution in [3.05, 3.63) is 38.7 Å². The molecule has 0 aliphatic heterocycles. The lowest BCUT2D eigenvalue weighted by atomic mass is 10.2. The Bertz CT molecular complexity index is 496. The molecule has 0 saturated carbocycles. The summed E-state index contributed by atoms with van der Waals surface area (Å²) in [7, 11) is 2.96. The van der Waals surface area contributed by atoms with Gasteiger partial charge in [0.2, 0.25) is 0 Å². The number of aromatic amines is 1. The molecule has 0 radical (unpaired) electrons. The molecule has 0 aliphatic carbocycles. The molecule has 5 nitrogen and oxygen atoms in total. The maximum atomic E-state index is 11.5. The van der Waals surface area contributed by atoms with Gasteiger partial charge in [0.25, 0.3) is 5.56 Å². The van der Waals surface area contributed by atoms with Crippen LogP contribution in [0.1, 0.15) is 39.0 Å². The van der Waals surface area contributed by atoms with Crippen molar-refractivity contribution in [2.75, 3.05) is 7.05 Å². The summed E-state index contributed by atoms with van der Waals surface area (Å²) in [6, 6.07) is 0. The molecular weight excluding hydrogens is 230 g/mol. The van der Waals surface area contributed by atoms with Crippen molar-refractivity contribution in [1.82, 2.24) is 9.55 Å². The second-order valence-corrected chi connectivity index (χ2v) is 2.71. The topological polar surface area (TPSA) is 67.2 Å². The molecule has 18 heavy (non-hydrogen) atoms. The third-order valence-electron chi connectivity index (χ3n) is 1.83. The number of aromatic nitrogens is 2. The van der Waals surface area contributed by atoms with Gasteiger partial charge in [-0.2, -0.15) is 0 Å². The summed E-state index contributed by atoms with van der Waals surface area (Å²) in [5.41, 5.74) is -0.109. The third-order valence-corrected chi connectivity index (χ3v) is 1.83. The van der Waals surface area contributed by atoms with Crippen molar-refractivity contribution in [3.8, 4) is 0 Å². The SMILES string of the molecule is C=Cc1c(C=NC)[nH]c(=O)n(C)c1=O.CC.CC. The molecule has 0 atom stereocenters. The summed E-state index contributed by atoms with van der Waals surface area (Å²) in [6.45, 7) is 11.5. The molecule has 102 valence electrons. The van der Waals surface area contributed by atoms with Gasteiger partial charge in [-0.1, -0.05) is 40.3 Å². The average molecular weight is 253 g/mol. The summed E-state index contributed by atoms with van der Waals surface area (Å²) in [6.07, 6.45) is 2.81. The van der Waals surface area contributed by atoms with E-state index in [4.69, 9.17) is 0 Å². The molecule has 0 saturated heterocycles. The molecule has 0 spiro atoms. The first-order valence-electron chi connectivity index (χ1n) is 5.99. The smallest absolute Gasteiger partial charge is 0.305 e. The second-order valence-electron chi connectivity index (χ2n) is 2.71. The van der Waals surface area contributed by atoms with E-state index in [2.05, 4.69) is 16.6 Å². The van der Waals surface area contributed by atoms with Crippen molar-refractivity contribution in [2.45, 2.75) is 27.7 Å².